The highest BCUT2D eigenvalue weighted by Crippen LogP contribution is 2.20. The van der Waals surface area contributed by atoms with Crippen LogP contribution in [0, 0.1) is 17.5 Å². The number of hydrogen-bond donors (Lipinski definition) is 2. The maximum Gasteiger partial charge on any atom is 0.254 e. The van der Waals surface area contributed by atoms with Gasteiger partial charge in [0.2, 0.25) is 5.91 Å². The number of aromatic nitrogens is 2. The van der Waals surface area contributed by atoms with E-state index < -0.39 is 41.0 Å². The van der Waals surface area contributed by atoms with Gasteiger partial charge in [-0.3, -0.25) is 9.59 Å². The van der Waals surface area contributed by atoms with Crippen LogP contribution in [0.5, 0.6) is 0 Å². The molecule has 0 aliphatic carbocycles. The Kier molecular flexibility index (Phi) is 5.27. The molecule has 3 aromatic rings. The van der Waals surface area contributed by atoms with Gasteiger partial charge in [-0.05, 0) is 36.4 Å². The maximum absolute atomic E-state index is 13.6. The Balaban J connectivity index is 1.76. The summed E-state index contributed by atoms with van der Waals surface area (Å²) >= 11 is 5.80. The van der Waals surface area contributed by atoms with Crippen molar-refractivity contribution in [2.24, 2.45) is 0 Å². The van der Waals surface area contributed by atoms with Gasteiger partial charge < -0.3 is 10.3 Å². The Morgan fingerprint density at radius 2 is 1.78 bits per heavy atom. The third-order valence-corrected chi connectivity index (χ3v) is 3.90. The van der Waals surface area contributed by atoms with Crippen molar-refractivity contribution in [2.75, 3.05) is 5.32 Å². The molecule has 2 N–H and O–H groups in total. The van der Waals surface area contributed by atoms with Gasteiger partial charge in [0.15, 0.2) is 17.5 Å². The fourth-order valence-electron chi connectivity index (χ4n) is 2.29. The van der Waals surface area contributed by atoms with Gasteiger partial charge in [0.05, 0.1) is 12.1 Å². The van der Waals surface area contributed by atoms with E-state index in [0.29, 0.717) is 16.7 Å². The lowest BCUT2D eigenvalue weighted by Gasteiger charge is -2.07. The molecule has 0 atom stereocenters. The largest absolute Gasteiger partial charge is 0.323 e. The second kappa shape index (κ2) is 7.63. The number of nitrogens with one attached hydrogen (secondary N) is 2. The summed E-state index contributed by atoms with van der Waals surface area (Å²) in [4.78, 5) is 30.8. The van der Waals surface area contributed by atoms with E-state index in [1.54, 1.807) is 24.3 Å². The van der Waals surface area contributed by atoms with Gasteiger partial charge in [-0.15, -0.1) is 0 Å². The molecule has 27 heavy (non-hydrogen) atoms. The number of rotatable bonds is 4. The molecule has 2 aromatic carbocycles. The van der Waals surface area contributed by atoms with Crippen molar-refractivity contribution >= 4 is 23.2 Å². The first-order valence-electron chi connectivity index (χ1n) is 7.62. The van der Waals surface area contributed by atoms with E-state index in [-0.39, 0.29) is 11.4 Å². The number of halogens is 4. The number of hydrogen-bond acceptors (Lipinski definition) is 3. The van der Waals surface area contributed by atoms with Crippen LogP contribution in [-0.2, 0) is 11.2 Å². The Labute approximate surface area is 155 Å². The monoisotopic (exact) mass is 393 g/mol. The van der Waals surface area contributed by atoms with Crippen molar-refractivity contribution < 1.29 is 18.0 Å². The van der Waals surface area contributed by atoms with Crippen LogP contribution < -0.4 is 10.9 Å². The van der Waals surface area contributed by atoms with Crippen LogP contribution in [0.2, 0.25) is 5.02 Å². The molecule has 0 aliphatic rings. The number of amides is 1. The van der Waals surface area contributed by atoms with Gasteiger partial charge in [0.1, 0.15) is 5.82 Å². The molecule has 0 fully saturated rings. The minimum absolute atomic E-state index is 0.0215. The Hall–Kier alpha value is -3.13. The summed E-state index contributed by atoms with van der Waals surface area (Å²) in [6, 6.07) is 8.17. The zero-order valence-corrected chi connectivity index (χ0v) is 14.3. The lowest BCUT2D eigenvalue weighted by Crippen LogP contribution is -2.22. The van der Waals surface area contributed by atoms with E-state index in [4.69, 9.17) is 11.6 Å². The number of benzene rings is 2. The summed E-state index contributed by atoms with van der Waals surface area (Å²) in [6.07, 6.45) is 0.783. The van der Waals surface area contributed by atoms with Crippen molar-refractivity contribution in [3.63, 3.8) is 0 Å². The quantitative estimate of drug-likeness (QED) is 0.664. The summed E-state index contributed by atoms with van der Waals surface area (Å²) in [6.45, 7) is 0. The molecule has 0 unspecified atom stereocenters. The first-order chi connectivity index (χ1) is 12.8. The highest BCUT2D eigenvalue weighted by atomic mass is 35.5. The van der Waals surface area contributed by atoms with Crippen LogP contribution in [0.4, 0.5) is 18.9 Å². The van der Waals surface area contributed by atoms with E-state index in [1.807, 2.05) is 0 Å². The summed E-state index contributed by atoms with van der Waals surface area (Å²) in [7, 11) is 0. The third kappa shape index (κ3) is 4.17. The molecule has 0 radical (unpaired) electrons. The van der Waals surface area contributed by atoms with Crippen LogP contribution in [0.1, 0.15) is 5.56 Å². The lowest BCUT2D eigenvalue weighted by molar-refractivity contribution is -0.115. The fourth-order valence-corrected chi connectivity index (χ4v) is 2.42. The normalized spacial score (nSPS) is 10.7. The molecule has 1 heterocycles. The van der Waals surface area contributed by atoms with Crippen LogP contribution in [0.3, 0.4) is 0 Å². The van der Waals surface area contributed by atoms with Crippen molar-refractivity contribution in [3.8, 4) is 11.4 Å². The smallest absolute Gasteiger partial charge is 0.254 e. The zero-order valence-electron chi connectivity index (χ0n) is 13.5. The molecule has 138 valence electrons. The number of anilines is 1. The van der Waals surface area contributed by atoms with Crippen LogP contribution >= 0.6 is 11.6 Å². The van der Waals surface area contributed by atoms with E-state index in [2.05, 4.69) is 15.3 Å². The second-order valence-electron chi connectivity index (χ2n) is 5.54. The van der Waals surface area contributed by atoms with Crippen molar-refractivity contribution in [2.45, 2.75) is 6.42 Å². The average Bonchev–Trinajstić information content (AvgIpc) is 2.64. The fraction of sp³-hybridized carbons (Fsp3) is 0.0556. The standard InChI is InChI=1S/C18H11ClF3N3O2/c19-11-3-1-9(2-4-11)17-23-8-10(18(27)25-17)7-14(26)24-13-6-5-12(20)15(21)16(13)22/h1-6,8H,7H2,(H,24,26)(H,23,25,27). The van der Waals surface area contributed by atoms with Gasteiger partial charge in [0, 0.05) is 22.3 Å². The topological polar surface area (TPSA) is 74.8 Å². The summed E-state index contributed by atoms with van der Waals surface area (Å²) < 4.78 is 39.7. The minimum Gasteiger partial charge on any atom is -0.323 e. The Bertz CT molecular complexity index is 1070. The number of aromatic amines is 1. The predicted octanol–water partition coefficient (Wildman–Crippen LogP) is 3.69. The Morgan fingerprint density at radius 3 is 2.44 bits per heavy atom. The number of H-pyrrole nitrogens is 1. The van der Waals surface area contributed by atoms with Crippen LogP contribution in [-0.4, -0.2) is 15.9 Å². The highest BCUT2D eigenvalue weighted by molar-refractivity contribution is 6.30. The molecule has 0 bridgehead atoms. The average molecular weight is 394 g/mol. The van der Waals surface area contributed by atoms with Crippen LogP contribution in [0.15, 0.2) is 47.4 Å². The zero-order chi connectivity index (χ0) is 19.6. The van der Waals surface area contributed by atoms with Crippen molar-refractivity contribution in [1.29, 1.82) is 0 Å². The SMILES string of the molecule is O=C(Cc1cnc(-c2ccc(Cl)cc2)[nH]c1=O)Nc1ccc(F)c(F)c1F. The van der Waals surface area contributed by atoms with Gasteiger partial charge >= 0.3 is 0 Å². The molecule has 0 aliphatic heterocycles. The maximum atomic E-state index is 13.6. The van der Waals surface area contributed by atoms with E-state index in [9.17, 15) is 22.8 Å². The second-order valence-corrected chi connectivity index (χ2v) is 5.98. The minimum atomic E-state index is -1.69. The highest BCUT2D eigenvalue weighted by Gasteiger charge is 2.16. The summed E-state index contributed by atoms with van der Waals surface area (Å²) in [5, 5.41) is 2.62. The molecule has 0 saturated heterocycles. The Morgan fingerprint density at radius 1 is 1.07 bits per heavy atom. The van der Waals surface area contributed by atoms with Gasteiger partial charge in [-0.2, -0.15) is 0 Å². The molecule has 1 amide bonds. The van der Waals surface area contributed by atoms with Crippen molar-refractivity contribution in [3.05, 3.63) is 81.0 Å². The van der Waals surface area contributed by atoms with Gasteiger partial charge in [-0.1, -0.05) is 11.6 Å². The first kappa shape index (κ1) is 18.7. The summed E-state index contributed by atoms with van der Waals surface area (Å²) in [5.41, 5.74) is -0.443. The predicted molar refractivity (Wildman–Crippen MR) is 94.0 cm³/mol. The third-order valence-electron chi connectivity index (χ3n) is 3.65. The number of carbonyl (C=O) groups excluding carboxylic acids is 1. The van der Waals surface area contributed by atoms with E-state index in [0.717, 1.165) is 6.07 Å². The van der Waals surface area contributed by atoms with Gasteiger partial charge in [0.25, 0.3) is 5.56 Å². The lowest BCUT2D eigenvalue weighted by atomic mass is 10.2. The van der Waals surface area contributed by atoms with Gasteiger partial charge in [-0.25, -0.2) is 18.2 Å². The van der Waals surface area contributed by atoms with Crippen LogP contribution in [0.25, 0.3) is 11.4 Å². The molecule has 5 nitrogen and oxygen atoms in total. The molecule has 0 saturated carbocycles. The molecular formula is C18H11ClF3N3O2. The first-order valence-corrected chi connectivity index (χ1v) is 8.00. The molecule has 0 spiro atoms. The van der Waals surface area contributed by atoms with E-state index >= 15 is 0 Å². The number of carbonyl (C=O) groups is 1. The molecule has 9 heteroatoms. The van der Waals surface area contributed by atoms with E-state index in [1.165, 1.54) is 6.20 Å². The number of nitrogens with zero attached hydrogens (tertiary/aromatic N) is 1. The molecular weight excluding hydrogens is 383 g/mol. The molecule has 3 rings (SSSR count). The molecule has 1 aromatic heterocycles. The van der Waals surface area contributed by atoms with Crippen molar-refractivity contribution in [1.82, 2.24) is 9.97 Å². The summed E-state index contributed by atoms with van der Waals surface area (Å²) in [5.74, 6) is -5.09.